The Balaban J connectivity index is 1.27. The van der Waals surface area contributed by atoms with E-state index in [2.05, 4.69) is 31.1 Å². The molecule has 0 unspecified atom stereocenters. The number of amides is 2. The largest absolute Gasteiger partial charge is 0.352 e. The third kappa shape index (κ3) is 4.71. The van der Waals surface area contributed by atoms with Gasteiger partial charge in [-0.3, -0.25) is 14.2 Å². The number of halogens is 1. The molecule has 3 aromatic heterocycles. The van der Waals surface area contributed by atoms with Crippen LogP contribution in [0.5, 0.6) is 0 Å². The number of thiophene rings is 1. The highest BCUT2D eigenvalue weighted by Gasteiger charge is 2.35. The van der Waals surface area contributed by atoms with Crippen LogP contribution in [0, 0.1) is 24.7 Å². The monoisotopic (exact) mass is 509 g/mol. The zero-order chi connectivity index (χ0) is 24.8. The average molecular weight is 510 g/mol. The van der Waals surface area contributed by atoms with E-state index in [1.165, 1.54) is 17.4 Å². The highest BCUT2D eigenvalue weighted by atomic mass is 32.1. The van der Waals surface area contributed by atoms with Crippen LogP contribution in [0.15, 0.2) is 18.5 Å². The summed E-state index contributed by atoms with van der Waals surface area (Å²) in [6, 6.07) is 2.96. The fourth-order valence-electron chi connectivity index (χ4n) is 4.72. The van der Waals surface area contributed by atoms with E-state index >= 15 is 0 Å². The van der Waals surface area contributed by atoms with Crippen LogP contribution in [0.1, 0.15) is 64.6 Å². The van der Waals surface area contributed by atoms with E-state index in [-0.39, 0.29) is 23.8 Å². The minimum Gasteiger partial charge on any atom is -0.352 e. The Hall–Kier alpha value is -3.34. The van der Waals surface area contributed by atoms with Crippen molar-refractivity contribution in [3.05, 3.63) is 46.1 Å². The fourth-order valence-corrected chi connectivity index (χ4v) is 5.96. The van der Waals surface area contributed by atoms with Gasteiger partial charge in [0.1, 0.15) is 11.3 Å². The second-order valence-corrected chi connectivity index (χ2v) is 11.1. The number of rotatable bonds is 8. The van der Waals surface area contributed by atoms with Crippen LogP contribution in [0.2, 0.25) is 0 Å². The van der Waals surface area contributed by atoms with Crippen LogP contribution >= 0.6 is 11.3 Å². The summed E-state index contributed by atoms with van der Waals surface area (Å²) < 4.78 is 15.4. The van der Waals surface area contributed by atoms with Gasteiger partial charge in [0, 0.05) is 23.4 Å². The molecule has 0 aromatic carbocycles. The van der Waals surface area contributed by atoms with Crippen LogP contribution in [-0.4, -0.2) is 38.1 Å². The molecule has 36 heavy (non-hydrogen) atoms. The number of aromatic nitrogens is 4. The molecule has 3 aliphatic carbocycles. The van der Waals surface area contributed by atoms with Gasteiger partial charge in [-0.2, -0.15) is 4.39 Å². The number of anilines is 3. The van der Waals surface area contributed by atoms with Crippen LogP contribution in [0.3, 0.4) is 0 Å². The molecule has 1 atom stereocenters. The summed E-state index contributed by atoms with van der Waals surface area (Å²) in [4.78, 5) is 30.9. The van der Waals surface area contributed by atoms with Crippen LogP contribution in [-0.2, 0) is 17.6 Å². The molecule has 2 fully saturated rings. The summed E-state index contributed by atoms with van der Waals surface area (Å²) in [5.74, 6) is 0.535. The molecular weight excluding hydrogens is 481 g/mol. The van der Waals surface area contributed by atoms with Crippen LogP contribution in [0.25, 0.3) is 0 Å². The van der Waals surface area contributed by atoms with Gasteiger partial charge in [0.2, 0.25) is 17.8 Å². The first-order valence-corrected chi connectivity index (χ1v) is 13.3. The molecule has 0 saturated heterocycles. The molecule has 2 saturated carbocycles. The highest BCUT2D eigenvalue weighted by molar-refractivity contribution is 7.17. The second kappa shape index (κ2) is 9.27. The lowest BCUT2D eigenvalue weighted by atomic mass is 9.91. The molecule has 188 valence electrons. The van der Waals surface area contributed by atoms with Crippen molar-refractivity contribution in [3.8, 4) is 0 Å². The number of carbonyl (C=O) groups is 2. The molecule has 0 spiro atoms. The summed E-state index contributed by atoms with van der Waals surface area (Å²) in [6.07, 6.45) is 8.08. The Kier molecular flexibility index (Phi) is 5.94. The summed E-state index contributed by atoms with van der Waals surface area (Å²) >= 11 is 1.53. The number of hydrogen-bond donors (Lipinski definition) is 3. The first-order chi connectivity index (χ1) is 17.5. The number of carbonyl (C=O) groups excluding carboxylic acids is 2. The molecule has 3 aliphatic rings. The smallest absolute Gasteiger partial charge is 0.254 e. The fraction of sp³-hybridized carbons (Fsp3) is 0.480. The van der Waals surface area contributed by atoms with Gasteiger partial charge in [-0.05, 0) is 75.5 Å². The van der Waals surface area contributed by atoms with Gasteiger partial charge < -0.3 is 16.0 Å². The van der Waals surface area contributed by atoms with Crippen LogP contribution in [0.4, 0.5) is 21.0 Å². The van der Waals surface area contributed by atoms with Gasteiger partial charge in [-0.25, -0.2) is 4.98 Å². The Bertz CT molecular complexity index is 1330. The lowest BCUT2D eigenvalue weighted by molar-refractivity contribution is -0.117. The molecular formula is C25H28FN7O2S. The Morgan fingerprint density at radius 1 is 1.19 bits per heavy atom. The molecule has 0 aliphatic heterocycles. The van der Waals surface area contributed by atoms with Crippen molar-refractivity contribution in [2.24, 2.45) is 11.8 Å². The summed E-state index contributed by atoms with van der Waals surface area (Å²) in [6.45, 7) is 2.40. The van der Waals surface area contributed by atoms with Crippen molar-refractivity contribution >= 4 is 39.8 Å². The maximum Gasteiger partial charge on any atom is 0.254 e. The number of fused-ring (bicyclic) bond motifs is 1. The highest BCUT2D eigenvalue weighted by Crippen LogP contribution is 2.43. The lowest BCUT2D eigenvalue weighted by Crippen LogP contribution is -2.28. The zero-order valence-corrected chi connectivity index (χ0v) is 20.8. The molecule has 0 radical (unpaired) electrons. The molecule has 3 heterocycles. The molecule has 3 aromatic rings. The quantitative estimate of drug-likeness (QED) is 0.393. The van der Waals surface area contributed by atoms with E-state index in [0.717, 1.165) is 49.0 Å². The minimum absolute atomic E-state index is 0.00922. The number of nitrogens with one attached hydrogen (secondary N) is 3. The molecule has 3 N–H and O–H groups in total. The Labute approximate surface area is 211 Å². The third-order valence-electron chi connectivity index (χ3n) is 7.16. The molecule has 2 amide bonds. The molecule has 6 rings (SSSR count). The van der Waals surface area contributed by atoms with E-state index in [4.69, 9.17) is 0 Å². The first-order valence-electron chi connectivity index (χ1n) is 12.5. The van der Waals surface area contributed by atoms with Gasteiger partial charge in [-0.15, -0.1) is 21.5 Å². The minimum atomic E-state index is -0.533. The summed E-state index contributed by atoms with van der Waals surface area (Å²) in [5, 5.41) is 18.4. The predicted octanol–water partition coefficient (Wildman–Crippen LogP) is 4.14. The SMILES string of the molecule is Cc1nc(F)ccc1Nc1nncn1[C@H]1CCc2sc(NC(=O)C3CC3)c(C(=O)NCC3CC3)c2C1. The van der Waals surface area contributed by atoms with Crippen molar-refractivity contribution in [1.29, 1.82) is 0 Å². The summed E-state index contributed by atoms with van der Waals surface area (Å²) in [5.41, 5.74) is 2.78. The van der Waals surface area contributed by atoms with Crippen molar-refractivity contribution in [2.75, 3.05) is 17.2 Å². The van der Waals surface area contributed by atoms with E-state index in [1.54, 1.807) is 19.3 Å². The normalized spacial score (nSPS) is 19.0. The maximum atomic E-state index is 13.4. The van der Waals surface area contributed by atoms with E-state index < -0.39 is 5.95 Å². The predicted molar refractivity (Wildman–Crippen MR) is 134 cm³/mol. The van der Waals surface area contributed by atoms with Gasteiger partial charge in [0.15, 0.2) is 0 Å². The third-order valence-corrected chi connectivity index (χ3v) is 8.37. The Morgan fingerprint density at radius 3 is 2.78 bits per heavy atom. The lowest BCUT2D eigenvalue weighted by Gasteiger charge is -2.25. The van der Waals surface area contributed by atoms with Gasteiger partial charge in [0.25, 0.3) is 5.91 Å². The number of pyridine rings is 1. The second-order valence-electron chi connectivity index (χ2n) is 9.98. The van der Waals surface area contributed by atoms with Crippen LogP contribution < -0.4 is 16.0 Å². The maximum absolute atomic E-state index is 13.4. The number of nitrogens with zero attached hydrogens (tertiary/aromatic N) is 4. The Morgan fingerprint density at radius 2 is 2.03 bits per heavy atom. The van der Waals surface area contributed by atoms with Crippen molar-refractivity contribution in [2.45, 2.75) is 57.9 Å². The standard InChI is InChI=1S/C25H28FN7O2S/c1-13-18(7-9-20(26)29-13)30-25-32-28-12-33(25)16-6-8-19-17(10-16)21(23(35)27-11-14-2-3-14)24(36-19)31-22(34)15-4-5-15/h7,9,12,14-16H,2-6,8,10-11H2,1H3,(H,27,35)(H,30,32)(H,31,34)/t16-/m0/s1. The number of hydrogen-bond acceptors (Lipinski definition) is 7. The van der Waals surface area contributed by atoms with Gasteiger partial charge in [0.05, 0.1) is 16.9 Å². The average Bonchev–Trinajstić information content (AvgIpc) is 3.78. The first kappa shape index (κ1) is 23.1. The molecule has 9 nitrogen and oxygen atoms in total. The van der Waals surface area contributed by atoms with Crippen molar-refractivity contribution in [1.82, 2.24) is 25.1 Å². The molecule has 0 bridgehead atoms. The zero-order valence-electron chi connectivity index (χ0n) is 20.0. The van der Waals surface area contributed by atoms with Crippen molar-refractivity contribution < 1.29 is 14.0 Å². The van der Waals surface area contributed by atoms with Crippen molar-refractivity contribution in [3.63, 3.8) is 0 Å². The van der Waals surface area contributed by atoms with E-state index in [0.29, 0.717) is 46.8 Å². The molecule has 11 heteroatoms. The topological polar surface area (TPSA) is 114 Å². The van der Waals surface area contributed by atoms with Gasteiger partial charge >= 0.3 is 0 Å². The van der Waals surface area contributed by atoms with E-state index in [1.807, 2.05) is 4.57 Å². The summed E-state index contributed by atoms with van der Waals surface area (Å²) in [7, 11) is 0. The van der Waals surface area contributed by atoms with Gasteiger partial charge in [-0.1, -0.05) is 0 Å². The van der Waals surface area contributed by atoms with E-state index in [9.17, 15) is 14.0 Å². The number of aryl methyl sites for hydroxylation is 2.